The highest BCUT2D eigenvalue weighted by Crippen LogP contribution is 2.19. The Labute approximate surface area is 132 Å². The standard InChI is InChI=1S/C17H14N6/c1-2-4-15-14(3-1)17(22-11-21-15)20-10-13-5-6-16(19-9-13)23-8-7-18-12-23/h1-9,11-12H,10H2,(H,20,21,22). The summed E-state index contributed by atoms with van der Waals surface area (Å²) in [5, 5.41) is 4.36. The van der Waals surface area contributed by atoms with Crippen LogP contribution in [0.2, 0.25) is 0 Å². The number of nitrogens with zero attached hydrogens (tertiary/aromatic N) is 5. The number of para-hydroxylation sites is 1. The molecule has 0 saturated carbocycles. The van der Waals surface area contributed by atoms with Crippen LogP contribution in [-0.4, -0.2) is 24.5 Å². The summed E-state index contributed by atoms with van der Waals surface area (Å²) in [5.41, 5.74) is 2.01. The Kier molecular flexibility index (Phi) is 3.40. The SMILES string of the molecule is c1ccc2c(NCc3ccc(-n4ccnc4)nc3)ncnc2c1. The third-order valence-electron chi connectivity index (χ3n) is 3.58. The molecule has 3 heterocycles. The lowest BCUT2D eigenvalue weighted by Gasteiger charge is -2.08. The minimum Gasteiger partial charge on any atom is -0.365 e. The third-order valence-corrected chi connectivity index (χ3v) is 3.58. The van der Waals surface area contributed by atoms with Crippen LogP contribution in [-0.2, 0) is 6.54 Å². The van der Waals surface area contributed by atoms with Gasteiger partial charge in [-0.1, -0.05) is 18.2 Å². The van der Waals surface area contributed by atoms with Crippen LogP contribution in [0, 0.1) is 0 Å². The van der Waals surface area contributed by atoms with Gasteiger partial charge in [0.1, 0.15) is 24.3 Å². The predicted octanol–water partition coefficient (Wildman–Crippen LogP) is 2.82. The Morgan fingerprint density at radius 3 is 2.78 bits per heavy atom. The van der Waals surface area contributed by atoms with E-state index in [0.29, 0.717) is 6.54 Å². The largest absolute Gasteiger partial charge is 0.365 e. The number of aromatic nitrogens is 5. The Balaban J connectivity index is 1.52. The van der Waals surface area contributed by atoms with E-state index >= 15 is 0 Å². The van der Waals surface area contributed by atoms with Crippen LogP contribution in [0.3, 0.4) is 0 Å². The zero-order valence-electron chi connectivity index (χ0n) is 12.3. The topological polar surface area (TPSA) is 68.5 Å². The van der Waals surface area contributed by atoms with Gasteiger partial charge in [0.15, 0.2) is 0 Å². The van der Waals surface area contributed by atoms with E-state index in [2.05, 4.69) is 25.3 Å². The number of pyridine rings is 1. The highest BCUT2D eigenvalue weighted by atomic mass is 15.1. The second kappa shape index (κ2) is 5.84. The van der Waals surface area contributed by atoms with E-state index in [1.165, 1.54) is 0 Å². The van der Waals surface area contributed by atoms with Crippen molar-refractivity contribution in [3.8, 4) is 5.82 Å². The first-order valence-electron chi connectivity index (χ1n) is 7.27. The molecule has 4 rings (SSSR count). The molecular formula is C17H14N6. The molecule has 0 fully saturated rings. The minimum atomic E-state index is 0.651. The quantitative estimate of drug-likeness (QED) is 0.628. The summed E-state index contributed by atoms with van der Waals surface area (Å²) in [6.07, 6.45) is 8.76. The van der Waals surface area contributed by atoms with Crippen LogP contribution in [0.15, 0.2) is 67.6 Å². The van der Waals surface area contributed by atoms with Crippen molar-refractivity contribution < 1.29 is 0 Å². The van der Waals surface area contributed by atoms with Crippen LogP contribution in [0.25, 0.3) is 16.7 Å². The Hall–Kier alpha value is -3.28. The van der Waals surface area contributed by atoms with E-state index in [1.54, 1.807) is 18.9 Å². The first kappa shape index (κ1) is 13.4. The van der Waals surface area contributed by atoms with Gasteiger partial charge in [-0.15, -0.1) is 0 Å². The normalized spacial score (nSPS) is 10.8. The van der Waals surface area contributed by atoms with E-state index in [-0.39, 0.29) is 0 Å². The van der Waals surface area contributed by atoms with Crippen molar-refractivity contribution >= 4 is 16.7 Å². The Morgan fingerprint density at radius 2 is 1.96 bits per heavy atom. The highest BCUT2D eigenvalue weighted by molar-refractivity contribution is 5.88. The summed E-state index contributed by atoms with van der Waals surface area (Å²) < 4.78 is 1.87. The number of nitrogens with one attached hydrogen (secondary N) is 1. The summed E-state index contributed by atoms with van der Waals surface area (Å²) in [5.74, 6) is 1.67. The van der Waals surface area contributed by atoms with Gasteiger partial charge in [-0.3, -0.25) is 4.57 Å². The molecule has 0 unspecified atom stereocenters. The molecule has 0 aliphatic rings. The number of fused-ring (bicyclic) bond motifs is 1. The van der Waals surface area contributed by atoms with E-state index in [9.17, 15) is 0 Å². The van der Waals surface area contributed by atoms with Gasteiger partial charge < -0.3 is 5.32 Å². The van der Waals surface area contributed by atoms with Crippen LogP contribution in [0.4, 0.5) is 5.82 Å². The molecule has 0 spiro atoms. The van der Waals surface area contributed by atoms with Gasteiger partial charge in [0.2, 0.25) is 0 Å². The average molecular weight is 302 g/mol. The molecule has 1 aromatic carbocycles. The number of benzene rings is 1. The maximum absolute atomic E-state index is 4.45. The lowest BCUT2D eigenvalue weighted by atomic mass is 10.2. The summed E-state index contributed by atoms with van der Waals surface area (Å²) in [7, 11) is 0. The molecule has 0 saturated heterocycles. The molecule has 6 nitrogen and oxygen atoms in total. The zero-order valence-corrected chi connectivity index (χ0v) is 12.3. The number of imidazole rings is 1. The summed E-state index contributed by atoms with van der Waals surface area (Å²) >= 11 is 0. The smallest absolute Gasteiger partial charge is 0.137 e. The van der Waals surface area contributed by atoms with Gasteiger partial charge in [-0.25, -0.2) is 19.9 Å². The monoisotopic (exact) mass is 302 g/mol. The molecule has 0 amide bonds. The Bertz CT molecular complexity index is 910. The molecule has 23 heavy (non-hydrogen) atoms. The van der Waals surface area contributed by atoms with Gasteiger partial charge in [-0.2, -0.15) is 0 Å². The maximum atomic E-state index is 4.45. The second-order valence-corrected chi connectivity index (χ2v) is 5.09. The van der Waals surface area contributed by atoms with Crippen molar-refractivity contribution in [3.63, 3.8) is 0 Å². The molecule has 4 aromatic rings. The van der Waals surface area contributed by atoms with Gasteiger partial charge in [0, 0.05) is 30.5 Å². The van der Waals surface area contributed by atoms with Gasteiger partial charge >= 0.3 is 0 Å². The molecule has 0 bridgehead atoms. The molecule has 112 valence electrons. The van der Waals surface area contributed by atoms with Crippen molar-refractivity contribution in [1.29, 1.82) is 0 Å². The van der Waals surface area contributed by atoms with E-state index < -0.39 is 0 Å². The summed E-state index contributed by atoms with van der Waals surface area (Å²) in [4.78, 5) is 17.1. The molecular weight excluding hydrogens is 288 g/mol. The van der Waals surface area contributed by atoms with Gasteiger partial charge in [0.05, 0.1) is 5.52 Å². The molecule has 3 aromatic heterocycles. The third kappa shape index (κ3) is 2.74. The van der Waals surface area contributed by atoms with Crippen molar-refractivity contribution in [3.05, 3.63) is 73.2 Å². The molecule has 0 aliphatic carbocycles. The Morgan fingerprint density at radius 1 is 1.00 bits per heavy atom. The van der Waals surface area contributed by atoms with E-state index in [0.717, 1.165) is 28.1 Å². The predicted molar refractivity (Wildman–Crippen MR) is 88.2 cm³/mol. The second-order valence-electron chi connectivity index (χ2n) is 5.09. The number of rotatable bonds is 4. The fourth-order valence-electron chi connectivity index (χ4n) is 2.40. The first-order valence-corrected chi connectivity index (χ1v) is 7.27. The first-order chi connectivity index (χ1) is 11.4. The van der Waals surface area contributed by atoms with Crippen molar-refractivity contribution in [2.24, 2.45) is 0 Å². The van der Waals surface area contributed by atoms with Crippen LogP contribution < -0.4 is 5.32 Å². The number of hydrogen-bond acceptors (Lipinski definition) is 5. The molecule has 0 atom stereocenters. The highest BCUT2D eigenvalue weighted by Gasteiger charge is 2.03. The van der Waals surface area contributed by atoms with E-state index in [1.807, 2.05) is 53.4 Å². The van der Waals surface area contributed by atoms with Gasteiger partial charge in [0.25, 0.3) is 0 Å². The zero-order chi connectivity index (χ0) is 15.5. The molecule has 0 radical (unpaired) electrons. The van der Waals surface area contributed by atoms with E-state index in [4.69, 9.17) is 0 Å². The maximum Gasteiger partial charge on any atom is 0.137 e. The minimum absolute atomic E-state index is 0.651. The van der Waals surface area contributed by atoms with Crippen LogP contribution >= 0.6 is 0 Å². The van der Waals surface area contributed by atoms with Crippen molar-refractivity contribution in [1.82, 2.24) is 24.5 Å². The fraction of sp³-hybridized carbons (Fsp3) is 0.0588. The molecule has 0 aliphatic heterocycles. The summed E-state index contributed by atoms with van der Waals surface area (Å²) in [6, 6.07) is 12.0. The van der Waals surface area contributed by atoms with Crippen molar-refractivity contribution in [2.75, 3.05) is 5.32 Å². The molecule has 6 heteroatoms. The average Bonchev–Trinajstić information content (AvgIpc) is 3.15. The van der Waals surface area contributed by atoms with Crippen LogP contribution in [0.5, 0.6) is 0 Å². The lowest BCUT2D eigenvalue weighted by Crippen LogP contribution is -2.03. The molecule has 1 N–H and O–H groups in total. The number of anilines is 1. The lowest BCUT2D eigenvalue weighted by molar-refractivity contribution is 0.977. The van der Waals surface area contributed by atoms with Crippen LogP contribution in [0.1, 0.15) is 5.56 Å². The summed E-state index contributed by atoms with van der Waals surface area (Å²) in [6.45, 7) is 0.651. The number of hydrogen-bond donors (Lipinski definition) is 1. The van der Waals surface area contributed by atoms with Gasteiger partial charge in [-0.05, 0) is 23.8 Å². The van der Waals surface area contributed by atoms with Crippen molar-refractivity contribution in [2.45, 2.75) is 6.54 Å². The fourth-order valence-corrected chi connectivity index (χ4v) is 2.40.